The summed E-state index contributed by atoms with van der Waals surface area (Å²) >= 11 is 6.16. The minimum absolute atomic E-state index is 0.144. The van der Waals surface area contributed by atoms with Crippen LogP contribution in [0.5, 0.6) is 5.88 Å². The van der Waals surface area contributed by atoms with Crippen molar-refractivity contribution in [1.82, 2.24) is 9.88 Å². The normalized spacial score (nSPS) is 19.1. The van der Waals surface area contributed by atoms with Gasteiger partial charge in [-0.1, -0.05) is 17.7 Å². The Morgan fingerprint density at radius 3 is 2.64 bits per heavy atom. The van der Waals surface area contributed by atoms with E-state index in [0.717, 1.165) is 0 Å². The van der Waals surface area contributed by atoms with Crippen LogP contribution in [-0.4, -0.2) is 45.1 Å². The number of rotatable bonds is 5. The minimum atomic E-state index is -4.44. The van der Waals surface area contributed by atoms with Crippen molar-refractivity contribution < 1.29 is 27.8 Å². The Hall–Kier alpha value is -2.29. The third kappa shape index (κ3) is 4.85. The molecule has 0 radical (unpaired) electrons. The summed E-state index contributed by atoms with van der Waals surface area (Å²) in [6.07, 6.45) is -1.66. The Balaban J connectivity index is 2.12. The van der Waals surface area contributed by atoms with Crippen LogP contribution in [0, 0.1) is 0 Å². The van der Waals surface area contributed by atoms with Crippen LogP contribution in [-0.2, 0) is 4.79 Å². The molecule has 2 heterocycles. The van der Waals surface area contributed by atoms with Gasteiger partial charge in [0.15, 0.2) is 12.2 Å². The SMILES string of the molecule is CC1=CC(C(=O)O)=NC(Cl)N1C(C)c1ccc(OCC(F)(F)F)nc1. The summed E-state index contributed by atoms with van der Waals surface area (Å²) < 4.78 is 41.0. The summed E-state index contributed by atoms with van der Waals surface area (Å²) in [7, 11) is 0. The minimum Gasteiger partial charge on any atom is -0.477 e. The van der Waals surface area contributed by atoms with Crippen LogP contribution >= 0.6 is 11.6 Å². The first-order chi connectivity index (χ1) is 11.6. The molecule has 0 fully saturated rings. The lowest BCUT2D eigenvalue weighted by molar-refractivity contribution is -0.154. The Morgan fingerprint density at radius 2 is 2.16 bits per heavy atom. The van der Waals surface area contributed by atoms with E-state index in [1.165, 1.54) is 18.3 Å². The molecule has 0 aromatic carbocycles. The highest BCUT2D eigenvalue weighted by molar-refractivity contribution is 6.41. The maximum atomic E-state index is 12.1. The third-order valence-electron chi connectivity index (χ3n) is 3.49. The Kier molecular flexibility index (Phi) is 5.56. The van der Waals surface area contributed by atoms with Gasteiger partial charge in [-0.05, 0) is 25.5 Å². The summed E-state index contributed by atoms with van der Waals surface area (Å²) in [4.78, 5) is 20.4. The van der Waals surface area contributed by atoms with Gasteiger partial charge in [-0.3, -0.25) is 0 Å². The molecule has 0 spiro atoms. The average Bonchev–Trinajstić information content (AvgIpc) is 2.51. The van der Waals surface area contributed by atoms with Crippen LogP contribution in [0.3, 0.4) is 0 Å². The van der Waals surface area contributed by atoms with E-state index in [-0.39, 0.29) is 17.6 Å². The maximum Gasteiger partial charge on any atom is 0.422 e. The molecule has 1 aliphatic heterocycles. The fourth-order valence-electron chi connectivity index (χ4n) is 2.30. The molecule has 1 aliphatic rings. The van der Waals surface area contributed by atoms with E-state index in [0.29, 0.717) is 11.3 Å². The van der Waals surface area contributed by atoms with Crippen LogP contribution in [0.1, 0.15) is 25.5 Å². The van der Waals surface area contributed by atoms with Gasteiger partial charge in [0.1, 0.15) is 5.71 Å². The zero-order valence-electron chi connectivity index (χ0n) is 13.3. The van der Waals surface area contributed by atoms with E-state index in [1.54, 1.807) is 24.8 Å². The summed E-state index contributed by atoms with van der Waals surface area (Å²) in [6.45, 7) is 2.07. The number of hydrogen-bond donors (Lipinski definition) is 1. The number of aliphatic imine (C=N–C) groups is 1. The van der Waals surface area contributed by atoms with Gasteiger partial charge < -0.3 is 14.7 Å². The van der Waals surface area contributed by atoms with Crippen LogP contribution in [0.4, 0.5) is 13.2 Å². The smallest absolute Gasteiger partial charge is 0.422 e. The van der Waals surface area contributed by atoms with Crippen molar-refractivity contribution in [3.8, 4) is 5.88 Å². The Labute approximate surface area is 146 Å². The molecule has 0 saturated carbocycles. The molecule has 1 aromatic rings. The number of aromatic nitrogens is 1. The fraction of sp³-hybridized carbons (Fsp3) is 0.400. The zero-order chi connectivity index (χ0) is 18.8. The van der Waals surface area contributed by atoms with Gasteiger partial charge in [0.05, 0.1) is 6.04 Å². The van der Waals surface area contributed by atoms with Gasteiger partial charge in [-0.15, -0.1) is 0 Å². The van der Waals surface area contributed by atoms with Crippen molar-refractivity contribution >= 4 is 23.3 Å². The third-order valence-corrected chi connectivity index (χ3v) is 3.80. The molecule has 10 heteroatoms. The van der Waals surface area contributed by atoms with E-state index in [4.69, 9.17) is 16.7 Å². The largest absolute Gasteiger partial charge is 0.477 e. The monoisotopic (exact) mass is 377 g/mol. The molecular weight excluding hydrogens is 363 g/mol. The predicted octanol–water partition coefficient (Wildman–Crippen LogP) is 3.35. The highest BCUT2D eigenvalue weighted by atomic mass is 35.5. The van der Waals surface area contributed by atoms with Gasteiger partial charge in [-0.2, -0.15) is 13.2 Å². The number of ether oxygens (including phenoxy) is 1. The highest BCUT2D eigenvalue weighted by Gasteiger charge is 2.30. The van der Waals surface area contributed by atoms with E-state index < -0.39 is 24.4 Å². The summed E-state index contributed by atoms with van der Waals surface area (Å²) in [5.41, 5.74) is 0.186. The summed E-state index contributed by atoms with van der Waals surface area (Å²) in [6, 6.07) is 2.56. The van der Waals surface area contributed by atoms with Crippen LogP contribution in [0.25, 0.3) is 0 Å². The molecule has 136 valence electrons. The first kappa shape index (κ1) is 19.0. The van der Waals surface area contributed by atoms with Gasteiger partial charge in [-0.25, -0.2) is 14.8 Å². The lowest BCUT2D eigenvalue weighted by Crippen LogP contribution is -2.36. The number of allylic oxidation sites excluding steroid dienone is 1. The summed E-state index contributed by atoms with van der Waals surface area (Å²) in [5, 5.41) is 9.00. The van der Waals surface area contributed by atoms with Crippen molar-refractivity contribution in [3.63, 3.8) is 0 Å². The number of halogens is 4. The Morgan fingerprint density at radius 1 is 1.48 bits per heavy atom. The number of pyridine rings is 1. The van der Waals surface area contributed by atoms with Crippen LogP contribution in [0.2, 0.25) is 0 Å². The summed E-state index contributed by atoms with van der Waals surface area (Å²) in [5.74, 6) is -1.32. The van der Waals surface area contributed by atoms with Gasteiger partial charge in [0, 0.05) is 18.0 Å². The predicted molar refractivity (Wildman–Crippen MR) is 84.5 cm³/mol. The molecule has 1 aromatic heterocycles. The fourth-order valence-corrected chi connectivity index (χ4v) is 2.73. The average molecular weight is 378 g/mol. The zero-order valence-corrected chi connectivity index (χ0v) is 14.0. The molecule has 0 amide bonds. The number of carboxylic acids is 1. The standard InChI is InChI=1S/C15H15ClF3N3O3/c1-8-5-11(13(23)24)21-14(16)22(8)9(2)10-3-4-12(20-6-10)25-7-15(17,18)19/h3-6,9,14H,7H2,1-2H3,(H,23,24). The number of aliphatic carboxylic acids is 1. The number of nitrogens with zero attached hydrogens (tertiary/aromatic N) is 3. The molecule has 1 N–H and O–H groups in total. The number of hydrogen-bond acceptors (Lipinski definition) is 5. The van der Waals surface area contributed by atoms with Gasteiger partial charge >= 0.3 is 12.1 Å². The number of alkyl halides is 4. The topological polar surface area (TPSA) is 75.0 Å². The van der Waals surface area contributed by atoms with Crippen molar-refractivity contribution in [1.29, 1.82) is 0 Å². The molecule has 6 nitrogen and oxygen atoms in total. The molecule has 2 unspecified atom stereocenters. The molecule has 0 aliphatic carbocycles. The maximum absolute atomic E-state index is 12.1. The van der Waals surface area contributed by atoms with Gasteiger partial charge in [0.25, 0.3) is 0 Å². The second kappa shape index (κ2) is 7.30. The van der Waals surface area contributed by atoms with Crippen LogP contribution in [0.15, 0.2) is 35.1 Å². The van der Waals surface area contributed by atoms with Crippen molar-refractivity contribution in [2.45, 2.75) is 31.7 Å². The molecule has 2 rings (SSSR count). The van der Waals surface area contributed by atoms with Crippen LogP contribution < -0.4 is 4.74 Å². The van der Waals surface area contributed by atoms with Gasteiger partial charge in [0.2, 0.25) is 5.88 Å². The highest BCUT2D eigenvalue weighted by Crippen LogP contribution is 2.31. The molecule has 0 bridgehead atoms. The van der Waals surface area contributed by atoms with E-state index in [2.05, 4.69) is 14.7 Å². The lowest BCUT2D eigenvalue weighted by Gasteiger charge is -2.36. The lowest BCUT2D eigenvalue weighted by atomic mass is 10.1. The first-order valence-electron chi connectivity index (χ1n) is 7.16. The second-order valence-electron chi connectivity index (χ2n) is 5.33. The second-order valence-corrected chi connectivity index (χ2v) is 5.72. The quantitative estimate of drug-likeness (QED) is 0.629. The van der Waals surface area contributed by atoms with Crippen molar-refractivity contribution in [2.24, 2.45) is 4.99 Å². The molecular formula is C15H15ClF3N3O3. The first-order valence-corrected chi connectivity index (χ1v) is 7.59. The van der Waals surface area contributed by atoms with E-state index in [1.807, 2.05) is 0 Å². The van der Waals surface area contributed by atoms with Crippen molar-refractivity contribution in [2.75, 3.05) is 6.61 Å². The molecule has 2 atom stereocenters. The number of carboxylic acid groups (broad SMARTS) is 1. The molecule has 25 heavy (non-hydrogen) atoms. The van der Waals surface area contributed by atoms with Crippen molar-refractivity contribution in [3.05, 3.63) is 35.7 Å². The number of carbonyl (C=O) groups is 1. The van der Waals surface area contributed by atoms with E-state index in [9.17, 15) is 18.0 Å². The Bertz CT molecular complexity index is 704. The van der Waals surface area contributed by atoms with E-state index >= 15 is 0 Å². The molecule has 0 saturated heterocycles.